The summed E-state index contributed by atoms with van der Waals surface area (Å²) >= 11 is 6.20. The Hall–Kier alpha value is -2.61. The van der Waals surface area contributed by atoms with Crippen LogP contribution >= 0.6 is 11.6 Å². The number of rotatable bonds is 9. The van der Waals surface area contributed by atoms with Crippen LogP contribution in [0.4, 0.5) is 0 Å². The first-order chi connectivity index (χ1) is 15.9. The summed E-state index contributed by atoms with van der Waals surface area (Å²) in [5, 5.41) is 12.7. The van der Waals surface area contributed by atoms with E-state index in [1.165, 1.54) is 6.07 Å². The van der Waals surface area contributed by atoms with Crippen molar-refractivity contribution in [1.82, 2.24) is 10.2 Å². The van der Waals surface area contributed by atoms with Crippen molar-refractivity contribution in [2.45, 2.75) is 36.8 Å². The fourth-order valence-corrected chi connectivity index (χ4v) is 4.71. The Kier molecular flexibility index (Phi) is 6.93. The lowest BCUT2D eigenvalue weighted by Crippen LogP contribution is -2.62. The zero-order valence-electron chi connectivity index (χ0n) is 18.7. The van der Waals surface area contributed by atoms with Crippen LogP contribution in [0.3, 0.4) is 0 Å². The van der Waals surface area contributed by atoms with Crippen molar-refractivity contribution in [3.05, 3.63) is 64.7 Å². The van der Waals surface area contributed by atoms with E-state index in [4.69, 9.17) is 21.1 Å². The molecule has 176 valence electrons. The van der Waals surface area contributed by atoms with Gasteiger partial charge in [0.2, 0.25) is 5.91 Å². The molecule has 33 heavy (non-hydrogen) atoms. The number of benzene rings is 2. The Bertz CT molecular complexity index is 1000. The highest BCUT2D eigenvalue weighted by atomic mass is 35.5. The van der Waals surface area contributed by atoms with Crippen LogP contribution in [0.5, 0.6) is 5.75 Å². The number of carbonyl (C=O) groups is 2. The molecule has 2 aromatic carbocycles. The normalized spacial score (nSPS) is 18.5. The molecule has 0 spiro atoms. The number of amides is 1. The Labute approximate surface area is 198 Å². The number of likely N-dealkylation sites (N-methyl/N-ethyl adjacent to an activating group) is 1. The second-order valence-electron chi connectivity index (χ2n) is 8.76. The van der Waals surface area contributed by atoms with Crippen molar-refractivity contribution in [1.29, 1.82) is 0 Å². The number of hydrogen-bond acceptors (Lipinski definition) is 5. The molecule has 0 radical (unpaired) electrons. The first kappa shape index (κ1) is 23.5. The summed E-state index contributed by atoms with van der Waals surface area (Å²) in [6.07, 6.45) is 2.76. The third-order valence-corrected chi connectivity index (χ3v) is 7.08. The molecule has 1 aliphatic heterocycles. The summed E-state index contributed by atoms with van der Waals surface area (Å²) in [5.41, 5.74) is -0.312. The van der Waals surface area contributed by atoms with E-state index in [-0.39, 0.29) is 16.5 Å². The summed E-state index contributed by atoms with van der Waals surface area (Å²) in [6, 6.07) is 14.5. The van der Waals surface area contributed by atoms with Gasteiger partial charge in [-0.15, -0.1) is 0 Å². The summed E-state index contributed by atoms with van der Waals surface area (Å²) < 4.78 is 11.4. The van der Waals surface area contributed by atoms with Gasteiger partial charge < -0.3 is 19.9 Å². The van der Waals surface area contributed by atoms with E-state index in [1.807, 2.05) is 37.4 Å². The van der Waals surface area contributed by atoms with E-state index in [0.29, 0.717) is 39.2 Å². The molecule has 2 aromatic rings. The van der Waals surface area contributed by atoms with Gasteiger partial charge in [0, 0.05) is 19.8 Å². The standard InChI is InChI=1S/C25H29ClN2O5/c1-28(13-16-33-19-5-3-2-4-6-19)25(11-14-32-15-12-25)23(31)27-24(9-10-24)18-7-8-20(22(29)30)21(26)17-18/h2-8,17H,9-16H2,1H3,(H,27,31)(H,29,30). The maximum atomic E-state index is 13.7. The number of carboxylic acid groups (broad SMARTS) is 1. The molecule has 1 heterocycles. The van der Waals surface area contributed by atoms with Crippen molar-refractivity contribution in [2.75, 3.05) is 33.4 Å². The van der Waals surface area contributed by atoms with Gasteiger partial charge in [0.15, 0.2) is 0 Å². The van der Waals surface area contributed by atoms with Gasteiger partial charge in [-0.25, -0.2) is 4.79 Å². The van der Waals surface area contributed by atoms with Crippen LogP contribution in [-0.2, 0) is 15.1 Å². The molecule has 0 aromatic heterocycles. The van der Waals surface area contributed by atoms with Gasteiger partial charge >= 0.3 is 5.97 Å². The van der Waals surface area contributed by atoms with Crippen LogP contribution in [0.2, 0.25) is 5.02 Å². The smallest absolute Gasteiger partial charge is 0.337 e. The molecule has 0 atom stereocenters. The van der Waals surface area contributed by atoms with E-state index in [0.717, 1.165) is 24.2 Å². The Morgan fingerprint density at radius 3 is 2.42 bits per heavy atom. The van der Waals surface area contributed by atoms with Crippen molar-refractivity contribution in [2.24, 2.45) is 0 Å². The Balaban J connectivity index is 1.47. The summed E-state index contributed by atoms with van der Waals surface area (Å²) in [4.78, 5) is 27.1. The van der Waals surface area contributed by atoms with E-state index < -0.39 is 17.0 Å². The van der Waals surface area contributed by atoms with Crippen LogP contribution in [0.25, 0.3) is 0 Å². The summed E-state index contributed by atoms with van der Waals surface area (Å²) in [7, 11) is 1.96. The number of ether oxygens (including phenoxy) is 2. The van der Waals surface area contributed by atoms with Gasteiger partial charge in [-0.05, 0) is 62.6 Å². The van der Waals surface area contributed by atoms with E-state index >= 15 is 0 Å². The topological polar surface area (TPSA) is 88.1 Å². The predicted octanol–water partition coefficient (Wildman–Crippen LogP) is 3.70. The number of nitrogens with zero attached hydrogens (tertiary/aromatic N) is 1. The molecule has 0 unspecified atom stereocenters. The van der Waals surface area contributed by atoms with Gasteiger partial charge in [0.1, 0.15) is 17.9 Å². The first-order valence-corrected chi connectivity index (χ1v) is 11.6. The second kappa shape index (κ2) is 9.71. The molecule has 1 amide bonds. The van der Waals surface area contributed by atoms with Crippen LogP contribution in [0, 0.1) is 0 Å². The molecule has 1 aliphatic carbocycles. The minimum absolute atomic E-state index is 0.0380. The molecule has 1 saturated carbocycles. The monoisotopic (exact) mass is 472 g/mol. The average molecular weight is 473 g/mol. The fraction of sp³-hybridized carbons (Fsp3) is 0.440. The molecule has 1 saturated heterocycles. The highest BCUT2D eigenvalue weighted by Crippen LogP contribution is 2.47. The fourth-order valence-electron chi connectivity index (χ4n) is 4.45. The Morgan fingerprint density at radius 1 is 1.12 bits per heavy atom. The minimum Gasteiger partial charge on any atom is -0.492 e. The SMILES string of the molecule is CN(CCOc1ccccc1)C1(C(=O)NC2(c3ccc(C(=O)O)c(Cl)c3)CC2)CCOCC1. The van der Waals surface area contributed by atoms with Crippen LogP contribution in [0.15, 0.2) is 48.5 Å². The van der Waals surface area contributed by atoms with Crippen LogP contribution in [0.1, 0.15) is 41.6 Å². The lowest BCUT2D eigenvalue weighted by Gasteiger charge is -2.43. The maximum Gasteiger partial charge on any atom is 0.337 e. The summed E-state index contributed by atoms with van der Waals surface area (Å²) in [5.74, 6) is -0.306. The van der Waals surface area contributed by atoms with Gasteiger partial charge in [-0.2, -0.15) is 0 Å². The van der Waals surface area contributed by atoms with Gasteiger partial charge in [0.05, 0.1) is 16.1 Å². The molecule has 2 N–H and O–H groups in total. The molecule has 7 nitrogen and oxygen atoms in total. The number of halogens is 1. The molecular weight excluding hydrogens is 444 g/mol. The second-order valence-corrected chi connectivity index (χ2v) is 9.17. The molecule has 4 rings (SSSR count). The molecule has 0 bridgehead atoms. The van der Waals surface area contributed by atoms with Crippen molar-refractivity contribution in [3.8, 4) is 5.75 Å². The quantitative estimate of drug-likeness (QED) is 0.578. The Morgan fingerprint density at radius 2 is 1.82 bits per heavy atom. The largest absolute Gasteiger partial charge is 0.492 e. The molecule has 2 fully saturated rings. The number of aromatic carboxylic acids is 1. The van der Waals surface area contributed by atoms with E-state index in [2.05, 4.69) is 10.2 Å². The predicted molar refractivity (Wildman–Crippen MR) is 125 cm³/mol. The minimum atomic E-state index is -1.07. The zero-order valence-corrected chi connectivity index (χ0v) is 19.4. The average Bonchev–Trinajstić information content (AvgIpc) is 3.60. The van der Waals surface area contributed by atoms with Gasteiger partial charge in [-0.1, -0.05) is 35.9 Å². The van der Waals surface area contributed by atoms with Gasteiger partial charge in [-0.3, -0.25) is 9.69 Å². The number of hydrogen-bond donors (Lipinski definition) is 2. The van der Waals surface area contributed by atoms with Crippen LogP contribution in [-0.4, -0.2) is 60.8 Å². The number of carboxylic acids is 1. The first-order valence-electron chi connectivity index (χ1n) is 11.2. The summed E-state index contributed by atoms with van der Waals surface area (Å²) in [6.45, 7) is 2.09. The number of para-hydroxylation sites is 1. The molecule has 8 heteroatoms. The van der Waals surface area contributed by atoms with Gasteiger partial charge in [0.25, 0.3) is 0 Å². The van der Waals surface area contributed by atoms with E-state index in [9.17, 15) is 14.7 Å². The van der Waals surface area contributed by atoms with Crippen molar-refractivity contribution < 1.29 is 24.2 Å². The highest BCUT2D eigenvalue weighted by molar-refractivity contribution is 6.33. The lowest BCUT2D eigenvalue weighted by atomic mass is 9.86. The van der Waals surface area contributed by atoms with E-state index in [1.54, 1.807) is 12.1 Å². The molecule has 2 aliphatic rings. The number of carbonyl (C=O) groups excluding carboxylic acids is 1. The maximum absolute atomic E-state index is 13.7. The molecular formula is C25H29ClN2O5. The number of nitrogens with one attached hydrogen (secondary N) is 1. The van der Waals surface area contributed by atoms with Crippen LogP contribution < -0.4 is 10.1 Å². The zero-order chi connectivity index (χ0) is 23.5. The highest BCUT2D eigenvalue weighted by Gasteiger charge is 2.51. The lowest BCUT2D eigenvalue weighted by molar-refractivity contribution is -0.140. The third-order valence-electron chi connectivity index (χ3n) is 6.77. The van der Waals surface area contributed by atoms with Crippen molar-refractivity contribution >= 4 is 23.5 Å². The third kappa shape index (κ3) is 5.00. The van der Waals surface area contributed by atoms with Crippen molar-refractivity contribution in [3.63, 3.8) is 0 Å².